The number of carbonyl (C=O) groups is 1. The van der Waals surface area contributed by atoms with Gasteiger partial charge in [0.1, 0.15) is 5.75 Å². The molecule has 0 aliphatic carbocycles. The van der Waals surface area contributed by atoms with Crippen molar-refractivity contribution in [1.82, 2.24) is 4.90 Å². The molecule has 0 aromatic heterocycles. The van der Waals surface area contributed by atoms with E-state index in [4.69, 9.17) is 16.3 Å². The second-order valence-corrected chi connectivity index (χ2v) is 8.25. The monoisotopic (exact) mass is 329 g/mol. The van der Waals surface area contributed by atoms with Crippen molar-refractivity contribution in [3.63, 3.8) is 0 Å². The van der Waals surface area contributed by atoms with Gasteiger partial charge < -0.3 is 9.64 Å². The number of rotatable bonds is 3. The zero-order chi connectivity index (χ0) is 15.6. The molecule has 1 heterocycles. The predicted molar refractivity (Wildman–Crippen MR) is 85.6 cm³/mol. The Kier molecular flexibility index (Phi) is 4.94. The van der Waals surface area contributed by atoms with E-state index in [-0.39, 0.29) is 10.7 Å². The van der Waals surface area contributed by atoms with E-state index in [2.05, 4.69) is 0 Å². The third-order valence-electron chi connectivity index (χ3n) is 3.50. The Bertz CT molecular complexity index is 574. The van der Waals surface area contributed by atoms with Crippen LogP contribution in [0.3, 0.4) is 0 Å². The minimum atomic E-state index is -0.903. The van der Waals surface area contributed by atoms with Gasteiger partial charge in [-0.1, -0.05) is 11.6 Å². The maximum Gasteiger partial charge on any atom is 0.257 e. The Morgan fingerprint density at radius 2 is 2.19 bits per heavy atom. The van der Waals surface area contributed by atoms with E-state index >= 15 is 0 Å². The second kappa shape index (κ2) is 6.36. The number of carbonyl (C=O) groups excluding carboxylic acids is 1. The topological polar surface area (TPSA) is 46.6 Å². The van der Waals surface area contributed by atoms with Crippen LogP contribution in [0.2, 0.25) is 5.02 Å². The third-order valence-corrected chi connectivity index (χ3v) is 5.65. The first-order chi connectivity index (χ1) is 9.85. The third kappa shape index (κ3) is 3.58. The molecule has 1 aromatic carbocycles. The molecule has 0 bridgehead atoms. The van der Waals surface area contributed by atoms with Crippen LogP contribution >= 0.6 is 11.6 Å². The van der Waals surface area contributed by atoms with Crippen molar-refractivity contribution in [2.75, 3.05) is 25.4 Å². The highest BCUT2D eigenvalue weighted by Gasteiger charge is 2.36. The van der Waals surface area contributed by atoms with Crippen molar-refractivity contribution >= 4 is 28.3 Å². The van der Waals surface area contributed by atoms with Crippen LogP contribution in [0.25, 0.3) is 0 Å². The van der Waals surface area contributed by atoms with Gasteiger partial charge in [0.05, 0.1) is 16.9 Å². The average Bonchev–Trinajstić information content (AvgIpc) is 2.42. The Labute approximate surface area is 132 Å². The molecule has 1 aliphatic heterocycles. The molecular weight excluding hydrogens is 310 g/mol. The number of halogens is 1. The maximum atomic E-state index is 12.7. The standard InChI is InChI=1S/C15H20ClNO3S/c1-4-20-13-9-11(16)5-6-12(13)14(18)17-7-8-21(19)15(2,3)10-17/h5-6,9H,4,7-8,10H2,1-3H3/t21-/m0/s1. The number of amides is 1. The Morgan fingerprint density at radius 3 is 2.81 bits per heavy atom. The predicted octanol–water partition coefficient (Wildman–Crippen LogP) is 2.72. The molecule has 6 heteroatoms. The van der Waals surface area contributed by atoms with E-state index in [1.54, 1.807) is 23.1 Å². The van der Waals surface area contributed by atoms with Gasteiger partial charge >= 0.3 is 0 Å². The molecule has 0 N–H and O–H groups in total. The van der Waals surface area contributed by atoms with Crippen molar-refractivity contribution in [2.24, 2.45) is 0 Å². The average molecular weight is 330 g/mol. The van der Waals surface area contributed by atoms with Gasteiger partial charge in [-0.05, 0) is 39.0 Å². The van der Waals surface area contributed by atoms with Gasteiger partial charge in [-0.15, -0.1) is 0 Å². The van der Waals surface area contributed by atoms with E-state index in [0.29, 0.717) is 41.8 Å². The normalized spacial score (nSPS) is 21.1. The number of hydrogen-bond donors (Lipinski definition) is 0. The first-order valence-corrected chi connectivity index (χ1v) is 8.65. The lowest BCUT2D eigenvalue weighted by atomic mass is 10.1. The molecular formula is C15H20ClNO3S. The summed E-state index contributed by atoms with van der Waals surface area (Å²) in [6.07, 6.45) is 0. The minimum Gasteiger partial charge on any atom is -0.493 e. The molecule has 0 saturated carbocycles. The largest absolute Gasteiger partial charge is 0.493 e. The maximum absolute atomic E-state index is 12.7. The summed E-state index contributed by atoms with van der Waals surface area (Å²) >= 11 is 5.96. The molecule has 0 unspecified atom stereocenters. The van der Waals surface area contributed by atoms with Crippen molar-refractivity contribution in [3.05, 3.63) is 28.8 Å². The smallest absolute Gasteiger partial charge is 0.257 e. The summed E-state index contributed by atoms with van der Waals surface area (Å²) in [5, 5.41) is 0.537. The molecule has 0 spiro atoms. The molecule has 1 amide bonds. The lowest BCUT2D eigenvalue weighted by Crippen LogP contribution is -2.52. The summed E-state index contributed by atoms with van der Waals surface area (Å²) in [6, 6.07) is 5.03. The van der Waals surface area contributed by atoms with E-state index in [9.17, 15) is 9.00 Å². The van der Waals surface area contributed by atoms with Crippen LogP contribution in [0.5, 0.6) is 5.75 Å². The zero-order valence-electron chi connectivity index (χ0n) is 12.5. The highest BCUT2D eigenvalue weighted by atomic mass is 35.5. The molecule has 4 nitrogen and oxygen atoms in total. The summed E-state index contributed by atoms with van der Waals surface area (Å²) in [6.45, 7) is 7.16. The van der Waals surface area contributed by atoms with Crippen LogP contribution in [0.4, 0.5) is 0 Å². The summed E-state index contributed by atoms with van der Waals surface area (Å²) < 4.78 is 17.1. The number of hydrogen-bond acceptors (Lipinski definition) is 3. The molecule has 2 rings (SSSR count). The number of ether oxygens (including phenoxy) is 1. The summed E-state index contributed by atoms with van der Waals surface area (Å²) in [5.74, 6) is 0.912. The van der Waals surface area contributed by atoms with Crippen LogP contribution in [0.15, 0.2) is 18.2 Å². The van der Waals surface area contributed by atoms with Crippen LogP contribution in [-0.2, 0) is 10.8 Å². The highest BCUT2D eigenvalue weighted by Crippen LogP contribution is 2.27. The van der Waals surface area contributed by atoms with Crippen LogP contribution in [0.1, 0.15) is 31.1 Å². The summed E-state index contributed by atoms with van der Waals surface area (Å²) in [5.41, 5.74) is 0.504. The van der Waals surface area contributed by atoms with Crippen LogP contribution < -0.4 is 4.74 Å². The summed E-state index contributed by atoms with van der Waals surface area (Å²) in [4.78, 5) is 14.4. The molecule has 116 valence electrons. The lowest BCUT2D eigenvalue weighted by Gasteiger charge is -2.37. The van der Waals surface area contributed by atoms with Gasteiger partial charge in [-0.2, -0.15) is 0 Å². The quantitative estimate of drug-likeness (QED) is 0.856. The van der Waals surface area contributed by atoms with Crippen molar-refractivity contribution in [1.29, 1.82) is 0 Å². The van der Waals surface area contributed by atoms with Gasteiger partial charge in [0.25, 0.3) is 5.91 Å². The van der Waals surface area contributed by atoms with E-state index in [1.165, 1.54) is 0 Å². The van der Waals surface area contributed by atoms with Crippen molar-refractivity contribution in [3.8, 4) is 5.75 Å². The molecule has 0 radical (unpaired) electrons. The highest BCUT2D eigenvalue weighted by molar-refractivity contribution is 7.86. The first kappa shape index (κ1) is 16.3. The van der Waals surface area contributed by atoms with Gasteiger partial charge in [0.2, 0.25) is 0 Å². The van der Waals surface area contributed by atoms with E-state index in [1.807, 2.05) is 20.8 Å². The van der Waals surface area contributed by atoms with Gasteiger partial charge in [0, 0.05) is 34.7 Å². The Balaban J connectivity index is 2.26. The van der Waals surface area contributed by atoms with Gasteiger partial charge in [-0.25, -0.2) is 0 Å². The van der Waals surface area contributed by atoms with Gasteiger partial charge in [0.15, 0.2) is 0 Å². The molecule has 1 fully saturated rings. The SMILES string of the molecule is CCOc1cc(Cl)ccc1C(=O)N1CC[S@](=O)C(C)(C)C1. The number of nitrogens with zero attached hydrogens (tertiary/aromatic N) is 1. The molecule has 1 saturated heterocycles. The van der Waals surface area contributed by atoms with Gasteiger partial charge in [-0.3, -0.25) is 9.00 Å². The lowest BCUT2D eigenvalue weighted by molar-refractivity contribution is 0.0741. The first-order valence-electron chi connectivity index (χ1n) is 6.95. The molecule has 1 atom stereocenters. The fourth-order valence-electron chi connectivity index (χ4n) is 2.37. The second-order valence-electron chi connectivity index (χ2n) is 5.61. The van der Waals surface area contributed by atoms with Crippen LogP contribution in [0, 0.1) is 0 Å². The molecule has 1 aliphatic rings. The Hall–Kier alpha value is -1.07. The fraction of sp³-hybridized carbons (Fsp3) is 0.533. The van der Waals surface area contributed by atoms with Crippen molar-refractivity contribution in [2.45, 2.75) is 25.5 Å². The van der Waals surface area contributed by atoms with Crippen molar-refractivity contribution < 1.29 is 13.7 Å². The Morgan fingerprint density at radius 1 is 1.48 bits per heavy atom. The van der Waals surface area contributed by atoms with Crippen LogP contribution in [-0.4, -0.2) is 45.2 Å². The summed E-state index contributed by atoms with van der Waals surface area (Å²) in [7, 11) is -0.903. The zero-order valence-corrected chi connectivity index (χ0v) is 14.1. The molecule has 1 aromatic rings. The number of benzene rings is 1. The molecule has 21 heavy (non-hydrogen) atoms. The fourth-order valence-corrected chi connectivity index (χ4v) is 3.77. The van der Waals surface area contributed by atoms with E-state index < -0.39 is 10.8 Å². The van der Waals surface area contributed by atoms with E-state index in [0.717, 1.165) is 0 Å². The minimum absolute atomic E-state index is 0.0973.